The summed E-state index contributed by atoms with van der Waals surface area (Å²) in [6, 6.07) is 4.56. The molecule has 2 N–H and O–H groups in total. The van der Waals surface area contributed by atoms with E-state index in [-0.39, 0.29) is 6.04 Å². The van der Waals surface area contributed by atoms with Gasteiger partial charge in [0, 0.05) is 11.7 Å². The van der Waals surface area contributed by atoms with Gasteiger partial charge >= 0.3 is 0 Å². The summed E-state index contributed by atoms with van der Waals surface area (Å²) in [7, 11) is 0. The minimum absolute atomic E-state index is 0.195. The van der Waals surface area contributed by atoms with Gasteiger partial charge in [0.15, 0.2) is 0 Å². The Morgan fingerprint density at radius 1 is 1.29 bits per heavy atom. The molecule has 0 unspecified atom stereocenters. The second kappa shape index (κ2) is 3.06. The predicted molar refractivity (Wildman–Crippen MR) is 55.9 cm³/mol. The van der Waals surface area contributed by atoms with Crippen LogP contribution in [0.4, 0.5) is 0 Å². The van der Waals surface area contributed by atoms with Crippen LogP contribution in [0.5, 0.6) is 0 Å². The summed E-state index contributed by atoms with van der Waals surface area (Å²) in [6.07, 6.45) is 6.21. The normalized spacial score (nSPS) is 22.1. The third-order valence-corrected chi connectivity index (χ3v) is 3.42. The minimum Gasteiger partial charge on any atom is -0.322 e. The first-order valence-corrected chi connectivity index (χ1v) is 5.59. The average Bonchev–Trinajstić information content (AvgIpc) is 2.95. The van der Waals surface area contributed by atoms with Crippen molar-refractivity contribution >= 4 is 0 Å². The maximum Gasteiger partial charge on any atom is 0.0577 e. The Labute approximate surface area is 84.5 Å². The molecule has 74 valence electrons. The molecule has 2 nitrogen and oxygen atoms in total. The van der Waals surface area contributed by atoms with E-state index in [2.05, 4.69) is 17.1 Å². The van der Waals surface area contributed by atoms with E-state index in [9.17, 15) is 0 Å². The lowest BCUT2D eigenvalue weighted by Gasteiger charge is -2.10. The Bertz CT molecular complexity index is 355. The van der Waals surface area contributed by atoms with Crippen molar-refractivity contribution in [3.8, 4) is 0 Å². The van der Waals surface area contributed by atoms with Crippen molar-refractivity contribution in [3.05, 3.63) is 29.1 Å². The number of hydrogen-bond donors (Lipinski definition) is 1. The Hall–Kier alpha value is -0.890. The second-order valence-corrected chi connectivity index (χ2v) is 4.56. The van der Waals surface area contributed by atoms with Crippen molar-refractivity contribution in [2.24, 2.45) is 11.7 Å². The maximum atomic E-state index is 6.13. The molecule has 0 amide bonds. The summed E-state index contributed by atoms with van der Waals surface area (Å²) in [5.74, 6) is 0.710. The highest BCUT2D eigenvalue weighted by Gasteiger charge is 2.30. The summed E-state index contributed by atoms with van der Waals surface area (Å²) in [4.78, 5) is 4.69. The van der Waals surface area contributed by atoms with Gasteiger partial charge in [-0.1, -0.05) is 6.07 Å². The summed E-state index contributed by atoms with van der Waals surface area (Å²) < 4.78 is 0. The van der Waals surface area contributed by atoms with Crippen molar-refractivity contribution in [2.75, 3.05) is 0 Å². The van der Waals surface area contributed by atoms with Crippen LogP contribution in [0, 0.1) is 5.92 Å². The smallest absolute Gasteiger partial charge is 0.0577 e. The Morgan fingerprint density at radius 3 is 2.93 bits per heavy atom. The average molecular weight is 188 g/mol. The summed E-state index contributed by atoms with van der Waals surface area (Å²) in [5, 5.41) is 0. The molecule has 2 aliphatic carbocycles. The van der Waals surface area contributed by atoms with E-state index in [1.807, 2.05) is 0 Å². The molecule has 3 rings (SSSR count). The third kappa shape index (κ3) is 1.34. The van der Waals surface area contributed by atoms with E-state index in [1.165, 1.54) is 36.9 Å². The molecule has 0 aliphatic heterocycles. The summed E-state index contributed by atoms with van der Waals surface area (Å²) in [5.41, 5.74) is 10.00. The molecule has 0 aromatic carbocycles. The van der Waals surface area contributed by atoms with Crippen molar-refractivity contribution in [3.63, 3.8) is 0 Å². The van der Waals surface area contributed by atoms with E-state index in [1.54, 1.807) is 0 Å². The highest BCUT2D eigenvalue weighted by molar-refractivity contribution is 5.28. The number of hydrogen-bond acceptors (Lipinski definition) is 2. The number of pyridine rings is 1. The zero-order valence-corrected chi connectivity index (χ0v) is 8.37. The fourth-order valence-corrected chi connectivity index (χ4v) is 2.32. The van der Waals surface area contributed by atoms with Gasteiger partial charge in [0.05, 0.1) is 5.69 Å². The minimum atomic E-state index is 0.195. The molecule has 0 bridgehead atoms. The summed E-state index contributed by atoms with van der Waals surface area (Å²) in [6.45, 7) is 0. The number of aromatic nitrogens is 1. The fourth-order valence-electron chi connectivity index (χ4n) is 2.32. The van der Waals surface area contributed by atoms with Gasteiger partial charge in [-0.25, -0.2) is 0 Å². The molecule has 14 heavy (non-hydrogen) atoms. The SMILES string of the molecule is N[C@H](c1ccc2c(n1)CCC2)C1CC1. The van der Waals surface area contributed by atoms with Crippen LogP contribution in [0.3, 0.4) is 0 Å². The van der Waals surface area contributed by atoms with Gasteiger partial charge in [0.2, 0.25) is 0 Å². The molecule has 1 aromatic rings. The fraction of sp³-hybridized carbons (Fsp3) is 0.583. The van der Waals surface area contributed by atoms with Crippen LogP contribution in [0.25, 0.3) is 0 Å². The lowest BCUT2D eigenvalue weighted by atomic mass is 10.1. The Kier molecular flexibility index (Phi) is 1.84. The predicted octanol–water partition coefficient (Wildman–Crippen LogP) is 1.98. The number of rotatable bonds is 2. The first-order valence-electron chi connectivity index (χ1n) is 5.59. The first kappa shape index (κ1) is 8.42. The third-order valence-electron chi connectivity index (χ3n) is 3.42. The van der Waals surface area contributed by atoms with Crippen molar-refractivity contribution in [1.82, 2.24) is 4.98 Å². The van der Waals surface area contributed by atoms with Crippen LogP contribution >= 0.6 is 0 Å². The van der Waals surface area contributed by atoms with Gasteiger partial charge in [-0.05, 0) is 49.7 Å². The molecule has 2 aliphatic rings. The number of nitrogens with two attached hydrogens (primary N) is 1. The first-order chi connectivity index (χ1) is 6.84. The zero-order chi connectivity index (χ0) is 9.54. The molecule has 1 heterocycles. The summed E-state index contributed by atoms with van der Waals surface area (Å²) >= 11 is 0. The lowest BCUT2D eigenvalue weighted by molar-refractivity contribution is 0.612. The molecular formula is C12H16N2. The number of fused-ring (bicyclic) bond motifs is 1. The molecule has 1 fully saturated rings. The van der Waals surface area contributed by atoms with Crippen molar-refractivity contribution in [2.45, 2.75) is 38.1 Å². The number of nitrogens with zero attached hydrogens (tertiary/aromatic N) is 1. The molecular weight excluding hydrogens is 172 g/mol. The quantitative estimate of drug-likeness (QED) is 0.770. The van der Waals surface area contributed by atoms with Gasteiger partial charge in [-0.15, -0.1) is 0 Å². The van der Waals surface area contributed by atoms with E-state index < -0.39 is 0 Å². The lowest BCUT2D eigenvalue weighted by Crippen LogP contribution is -2.14. The monoisotopic (exact) mass is 188 g/mol. The van der Waals surface area contributed by atoms with Crippen LogP contribution in [0.2, 0.25) is 0 Å². The maximum absolute atomic E-state index is 6.13. The van der Waals surface area contributed by atoms with E-state index in [0.29, 0.717) is 5.92 Å². The Morgan fingerprint density at radius 2 is 2.14 bits per heavy atom. The van der Waals surface area contributed by atoms with Crippen LogP contribution in [0.1, 0.15) is 42.3 Å². The van der Waals surface area contributed by atoms with Crippen LogP contribution < -0.4 is 5.73 Å². The molecule has 2 heteroatoms. The largest absolute Gasteiger partial charge is 0.322 e. The molecule has 1 saturated carbocycles. The Balaban J connectivity index is 1.91. The highest BCUT2D eigenvalue weighted by atomic mass is 14.8. The highest BCUT2D eigenvalue weighted by Crippen LogP contribution is 2.39. The van der Waals surface area contributed by atoms with Gasteiger partial charge in [0.1, 0.15) is 0 Å². The van der Waals surface area contributed by atoms with E-state index in [0.717, 1.165) is 12.1 Å². The zero-order valence-electron chi connectivity index (χ0n) is 8.37. The molecule has 0 radical (unpaired) electrons. The molecule has 0 saturated heterocycles. The molecule has 1 aromatic heterocycles. The van der Waals surface area contributed by atoms with Gasteiger partial charge < -0.3 is 5.73 Å². The van der Waals surface area contributed by atoms with Crippen LogP contribution in [-0.2, 0) is 12.8 Å². The topological polar surface area (TPSA) is 38.9 Å². The van der Waals surface area contributed by atoms with E-state index in [4.69, 9.17) is 5.73 Å². The number of aryl methyl sites for hydroxylation is 2. The van der Waals surface area contributed by atoms with Crippen molar-refractivity contribution in [1.29, 1.82) is 0 Å². The van der Waals surface area contributed by atoms with Gasteiger partial charge in [-0.3, -0.25) is 4.98 Å². The van der Waals surface area contributed by atoms with E-state index >= 15 is 0 Å². The van der Waals surface area contributed by atoms with Crippen LogP contribution in [-0.4, -0.2) is 4.98 Å². The van der Waals surface area contributed by atoms with Crippen molar-refractivity contribution < 1.29 is 0 Å². The molecule has 0 spiro atoms. The van der Waals surface area contributed by atoms with Crippen LogP contribution in [0.15, 0.2) is 12.1 Å². The second-order valence-electron chi connectivity index (χ2n) is 4.56. The van der Waals surface area contributed by atoms with Gasteiger partial charge in [0.25, 0.3) is 0 Å². The molecule has 1 atom stereocenters. The van der Waals surface area contributed by atoms with Gasteiger partial charge in [-0.2, -0.15) is 0 Å². The standard InChI is InChI=1S/C12H16N2/c13-12(9-4-5-9)11-7-6-8-2-1-3-10(8)14-11/h6-7,9,12H,1-5,13H2/t12-/m0/s1.